The third-order valence-corrected chi connectivity index (χ3v) is 1.13. The molecule has 0 saturated carbocycles. The summed E-state index contributed by atoms with van der Waals surface area (Å²) in [6, 6.07) is -11.8. The Morgan fingerprint density at radius 1 is 0.500 bits per heavy atom. The van der Waals surface area contributed by atoms with E-state index in [2.05, 4.69) is 9.78 Å². The fourth-order valence-electron chi connectivity index (χ4n) is 0.315. The van der Waals surface area contributed by atoms with Crippen LogP contribution in [-0.4, -0.2) is 24.4 Å². The number of halogens is 10. The minimum Gasteiger partial charge on any atom is -0.166 e. The second kappa shape index (κ2) is 5.02. The molecule has 0 N–H and O–H groups in total. The van der Waals surface area contributed by atoms with Crippen LogP contribution in [-0.2, 0) is 19.7 Å². The Balaban J connectivity index is 4.93. The van der Waals surface area contributed by atoms with Crippen LogP contribution >= 0.6 is 0 Å². The SMILES string of the molecule is FOC(F)(OOC(F)(OF)C(F)(F)F)C(F)(F)F. The van der Waals surface area contributed by atoms with E-state index in [1.807, 2.05) is 0 Å². The molecule has 4 nitrogen and oxygen atoms in total. The van der Waals surface area contributed by atoms with Crippen molar-refractivity contribution in [2.75, 3.05) is 0 Å². The molecule has 0 rings (SSSR count). The fourth-order valence-corrected chi connectivity index (χ4v) is 0.315. The van der Waals surface area contributed by atoms with Gasteiger partial charge in [-0.05, 0) is 9.05 Å². The van der Waals surface area contributed by atoms with Crippen molar-refractivity contribution in [3.8, 4) is 0 Å². The highest BCUT2D eigenvalue weighted by Gasteiger charge is 2.68. The first kappa shape index (κ1) is 17.1. The van der Waals surface area contributed by atoms with E-state index in [0.717, 1.165) is 0 Å². The zero-order valence-corrected chi connectivity index (χ0v) is 7.41. The lowest BCUT2D eigenvalue weighted by atomic mass is 10.6. The molecule has 0 aromatic carbocycles. The molecule has 18 heavy (non-hydrogen) atoms. The summed E-state index contributed by atoms with van der Waals surface area (Å²) in [6.45, 7) is 0. The summed E-state index contributed by atoms with van der Waals surface area (Å²) in [5.74, 6) is 0. The molecule has 0 heterocycles. The van der Waals surface area contributed by atoms with E-state index in [1.165, 1.54) is 9.88 Å². The first-order chi connectivity index (χ1) is 7.83. The van der Waals surface area contributed by atoms with Gasteiger partial charge in [-0.3, -0.25) is 0 Å². The van der Waals surface area contributed by atoms with Gasteiger partial charge >= 0.3 is 24.4 Å². The van der Waals surface area contributed by atoms with E-state index in [1.54, 1.807) is 0 Å². The number of hydrogen-bond donors (Lipinski definition) is 0. The normalized spacial score (nSPS) is 20.3. The van der Waals surface area contributed by atoms with Crippen molar-refractivity contribution < 1.29 is 63.8 Å². The Labute approximate surface area is 89.7 Å². The van der Waals surface area contributed by atoms with Gasteiger partial charge in [0.05, 0.1) is 0 Å². The van der Waals surface area contributed by atoms with E-state index in [4.69, 9.17) is 0 Å². The lowest BCUT2D eigenvalue weighted by Crippen LogP contribution is -2.50. The summed E-state index contributed by atoms with van der Waals surface area (Å²) < 4.78 is 117. The number of alkyl halides is 8. The molecule has 0 bridgehead atoms. The smallest absolute Gasteiger partial charge is 0.166 e. The van der Waals surface area contributed by atoms with E-state index in [-0.39, 0.29) is 0 Å². The van der Waals surface area contributed by atoms with E-state index < -0.39 is 24.4 Å². The van der Waals surface area contributed by atoms with Crippen molar-refractivity contribution in [2.24, 2.45) is 0 Å². The van der Waals surface area contributed by atoms with Crippen LogP contribution in [0.25, 0.3) is 0 Å². The molecular formula is C4F10O4. The molecular weight excluding hydrogens is 302 g/mol. The van der Waals surface area contributed by atoms with Crippen molar-refractivity contribution in [3.05, 3.63) is 0 Å². The van der Waals surface area contributed by atoms with Gasteiger partial charge in [0.2, 0.25) is 0 Å². The molecule has 2 atom stereocenters. The molecule has 0 aliphatic rings. The average molecular weight is 302 g/mol. The van der Waals surface area contributed by atoms with Gasteiger partial charge in [0.25, 0.3) is 0 Å². The van der Waals surface area contributed by atoms with Crippen LogP contribution in [0.5, 0.6) is 0 Å². The average Bonchev–Trinajstić information content (AvgIpc) is 2.22. The highest BCUT2D eigenvalue weighted by atomic mass is 19.4. The molecule has 0 amide bonds. The largest absolute Gasteiger partial charge is 0.483 e. The number of rotatable bonds is 5. The molecule has 2 unspecified atom stereocenters. The van der Waals surface area contributed by atoms with Gasteiger partial charge in [-0.1, -0.05) is 0 Å². The van der Waals surface area contributed by atoms with Gasteiger partial charge in [0.15, 0.2) is 0 Å². The first-order valence-electron chi connectivity index (χ1n) is 3.30. The number of hydrogen-bond acceptors (Lipinski definition) is 4. The van der Waals surface area contributed by atoms with Gasteiger partial charge < -0.3 is 0 Å². The summed E-state index contributed by atoms with van der Waals surface area (Å²) in [7, 11) is 0. The summed E-state index contributed by atoms with van der Waals surface area (Å²) in [5, 5.41) is 0. The van der Waals surface area contributed by atoms with Gasteiger partial charge in [-0.15, -0.1) is 19.7 Å². The van der Waals surface area contributed by atoms with Crippen molar-refractivity contribution in [1.29, 1.82) is 0 Å². The van der Waals surface area contributed by atoms with Gasteiger partial charge in [0, 0.05) is 0 Å². The second-order valence-corrected chi connectivity index (χ2v) is 2.39. The van der Waals surface area contributed by atoms with Crippen LogP contribution in [0, 0.1) is 0 Å². The van der Waals surface area contributed by atoms with Crippen LogP contribution in [0.1, 0.15) is 0 Å². The van der Waals surface area contributed by atoms with E-state index >= 15 is 0 Å². The van der Waals surface area contributed by atoms with Gasteiger partial charge in [0.1, 0.15) is 0 Å². The fraction of sp³-hybridized carbons (Fsp3) is 1.00. The van der Waals surface area contributed by atoms with Crippen LogP contribution < -0.4 is 0 Å². The standard InChI is InChI=1S/C4F10O4/c5-1(6,7)3(11,15-13)17-18-4(12,16-14)2(8,9)10. The molecule has 110 valence electrons. The second-order valence-electron chi connectivity index (χ2n) is 2.39. The molecule has 0 aromatic heterocycles. The lowest BCUT2D eigenvalue weighted by Gasteiger charge is -2.26. The Bertz CT molecular complexity index is 248. The van der Waals surface area contributed by atoms with Crippen LogP contribution in [0.2, 0.25) is 0 Å². The zero-order valence-electron chi connectivity index (χ0n) is 7.41. The van der Waals surface area contributed by atoms with E-state index in [0.29, 0.717) is 0 Å². The van der Waals surface area contributed by atoms with E-state index in [9.17, 15) is 44.2 Å². The molecule has 0 aliphatic heterocycles. The van der Waals surface area contributed by atoms with Crippen molar-refractivity contribution in [2.45, 2.75) is 24.4 Å². The topological polar surface area (TPSA) is 36.9 Å². The molecule has 0 spiro atoms. The van der Waals surface area contributed by atoms with Gasteiger partial charge in [-0.2, -0.15) is 35.1 Å². The first-order valence-corrected chi connectivity index (χ1v) is 3.30. The molecule has 0 radical (unpaired) electrons. The summed E-state index contributed by atoms with van der Waals surface area (Å²) in [5.41, 5.74) is 0. The molecule has 0 fully saturated rings. The third-order valence-electron chi connectivity index (χ3n) is 1.13. The maximum absolute atomic E-state index is 12.3. The van der Waals surface area contributed by atoms with Crippen LogP contribution in [0.4, 0.5) is 44.2 Å². The van der Waals surface area contributed by atoms with Crippen molar-refractivity contribution in [1.82, 2.24) is 0 Å². The van der Waals surface area contributed by atoms with Crippen LogP contribution in [0.15, 0.2) is 0 Å². The maximum atomic E-state index is 12.3. The molecule has 0 aliphatic carbocycles. The van der Waals surface area contributed by atoms with Crippen LogP contribution in [0.3, 0.4) is 0 Å². The zero-order chi connectivity index (χ0) is 14.8. The Morgan fingerprint density at radius 3 is 0.833 bits per heavy atom. The highest BCUT2D eigenvalue weighted by Crippen LogP contribution is 2.41. The summed E-state index contributed by atoms with van der Waals surface area (Å²) in [4.78, 5) is 7.16. The Kier molecular flexibility index (Phi) is 4.78. The summed E-state index contributed by atoms with van der Waals surface area (Å²) in [6.07, 6.45) is -12.9. The minimum absolute atomic E-state index is 1.50. The monoisotopic (exact) mass is 302 g/mol. The Morgan fingerprint density at radius 2 is 0.722 bits per heavy atom. The lowest BCUT2D eigenvalue weighted by molar-refractivity contribution is -0.649. The maximum Gasteiger partial charge on any atom is 0.483 e. The highest BCUT2D eigenvalue weighted by molar-refractivity contribution is 4.65. The van der Waals surface area contributed by atoms with Crippen molar-refractivity contribution >= 4 is 0 Å². The predicted octanol–water partition coefficient (Wildman–Crippen LogP) is 3.11. The summed E-state index contributed by atoms with van der Waals surface area (Å²) >= 11 is 0. The predicted molar refractivity (Wildman–Crippen MR) is 26.3 cm³/mol. The van der Waals surface area contributed by atoms with Gasteiger partial charge in [-0.25, -0.2) is 0 Å². The third kappa shape index (κ3) is 3.33. The quantitative estimate of drug-likeness (QED) is 0.338. The minimum atomic E-state index is -6.43. The molecule has 0 aromatic rings. The Hall–Kier alpha value is -0.860. The van der Waals surface area contributed by atoms with Crippen molar-refractivity contribution in [3.63, 3.8) is 0 Å². The molecule has 0 saturated heterocycles. The molecule has 14 heteroatoms.